The summed E-state index contributed by atoms with van der Waals surface area (Å²) in [6, 6.07) is 6.00. The van der Waals surface area contributed by atoms with Crippen molar-refractivity contribution >= 4 is 29.8 Å². The summed E-state index contributed by atoms with van der Waals surface area (Å²) in [5.41, 5.74) is 0.818. The lowest BCUT2D eigenvalue weighted by Gasteiger charge is -2.07. The Morgan fingerprint density at radius 2 is 1.76 bits per heavy atom. The molecule has 0 amide bonds. The van der Waals surface area contributed by atoms with E-state index in [0.29, 0.717) is 19.4 Å². The molecule has 0 saturated heterocycles. The normalized spacial score (nSPS) is 12.5. The molecule has 0 spiro atoms. The van der Waals surface area contributed by atoms with Crippen molar-refractivity contribution in [1.82, 2.24) is 4.72 Å². The van der Waals surface area contributed by atoms with E-state index in [-0.39, 0.29) is 17.2 Å². The van der Waals surface area contributed by atoms with Gasteiger partial charge < -0.3 is 4.74 Å². The number of methoxy groups -OCH3 is 1. The van der Waals surface area contributed by atoms with Crippen LogP contribution in [0.1, 0.15) is 12.0 Å². The highest BCUT2D eigenvalue weighted by Crippen LogP contribution is 2.15. The first-order valence-electron chi connectivity index (χ1n) is 6.24. The van der Waals surface area contributed by atoms with Gasteiger partial charge in [-0.3, -0.25) is 0 Å². The standard InChI is InChI=1S/C12H18ClNO5S2/c1-19-9-2-10-20(15,16)14-8-7-11-3-5-12(6-4-11)21(13,17)18/h3-6,14H,2,7-10H2,1H3. The first kappa shape index (κ1) is 18.4. The number of nitrogens with one attached hydrogen (secondary N) is 1. The van der Waals surface area contributed by atoms with Crippen LogP contribution in [0.4, 0.5) is 0 Å². The molecule has 0 unspecified atom stereocenters. The molecule has 0 radical (unpaired) electrons. The van der Waals surface area contributed by atoms with Crippen LogP contribution in [0.25, 0.3) is 0 Å². The third-order valence-electron chi connectivity index (χ3n) is 2.70. The van der Waals surface area contributed by atoms with Gasteiger partial charge in [0.25, 0.3) is 9.05 Å². The second kappa shape index (κ2) is 8.09. The Morgan fingerprint density at radius 3 is 2.29 bits per heavy atom. The highest BCUT2D eigenvalue weighted by atomic mass is 35.7. The molecular formula is C12H18ClNO5S2. The number of rotatable bonds is 9. The fraction of sp³-hybridized carbons (Fsp3) is 0.500. The maximum absolute atomic E-state index is 11.6. The lowest BCUT2D eigenvalue weighted by Crippen LogP contribution is -2.28. The van der Waals surface area contributed by atoms with E-state index in [1.807, 2.05) is 0 Å². The minimum absolute atomic E-state index is 0.0181. The molecule has 6 nitrogen and oxygen atoms in total. The van der Waals surface area contributed by atoms with E-state index >= 15 is 0 Å². The zero-order valence-corrected chi connectivity index (χ0v) is 14.0. The van der Waals surface area contributed by atoms with Gasteiger partial charge in [-0.25, -0.2) is 21.6 Å². The number of ether oxygens (including phenoxy) is 1. The summed E-state index contributed by atoms with van der Waals surface area (Å²) in [6.07, 6.45) is 0.903. The summed E-state index contributed by atoms with van der Waals surface area (Å²) >= 11 is 0. The molecular weight excluding hydrogens is 338 g/mol. The minimum Gasteiger partial charge on any atom is -0.385 e. The third kappa shape index (κ3) is 7.23. The highest BCUT2D eigenvalue weighted by molar-refractivity contribution is 8.13. The predicted molar refractivity (Wildman–Crippen MR) is 81.5 cm³/mol. The van der Waals surface area contributed by atoms with Gasteiger partial charge in [-0.05, 0) is 30.5 Å². The quantitative estimate of drug-likeness (QED) is 0.529. The van der Waals surface area contributed by atoms with Gasteiger partial charge in [-0.1, -0.05) is 12.1 Å². The second-order valence-corrected chi connectivity index (χ2v) is 8.88. The van der Waals surface area contributed by atoms with Gasteiger partial charge in [0.2, 0.25) is 10.0 Å². The molecule has 0 aliphatic carbocycles. The van der Waals surface area contributed by atoms with E-state index in [2.05, 4.69) is 4.72 Å². The molecule has 0 saturated carbocycles. The van der Waals surface area contributed by atoms with Crippen molar-refractivity contribution in [3.63, 3.8) is 0 Å². The van der Waals surface area contributed by atoms with E-state index in [0.717, 1.165) is 5.56 Å². The van der Waals surface area contributed by atoms with Gasteiger partial charge in [0.15, 0.2) is 0 Å². The maximum Gasteiger partial charge on any atom is 0.261 e. The molecule has 21 heavy (non-hydrogen) atoms. The summed E-state index contributed by atoms with van der Waals surface area (Å²) in [4.78, 5) is 0.0214. The fourth-order valence-corrected chi connectivity index (χ4v) is 3.46. The SMILES string of the molecule is COCCCS(=O)(=O)NCCc1ccc(S(=O)(=O)Cl)cc1. The Balaban J connectivity index is 2.46. The van der Waals surface area contributed by atoms with Crippen LogP contribution in [0.2, 0.25) is 0 Å². The van der Waals surface area contributed by atoms with Crippen molar-refractivity contribution in [2.75, 3.05) is 26.0 Å². The number of hydrogen-bond donors (Lipinski definition) is 1. The Labute approximate surface area is 129 Å². The van der Waals surface area contributed by atoms with Gasteiger partial charge in [-0.15, -0.1) is 0 Å². The Bertz CT molecular complexity index is 641. The van der Waals surface area contributed by atoms with Gasteiger partial charge in [0.05, 0.1) is 10.6 Å². The number of benzene rings is 1. The van der Waals surface area contributed by atoms with E-state index in [1.165, 1.54) is 19.2 Å². The summed E-state index contributed by atoms with van der Waals surface area (Å²) in [6.45, 7) is 0.650. The van der Waals surface area contributed by atoms with Gasteiger partial charge >= 0.3 is 0 Å². The zero-order valence-electron chi connectivity index (χ0n) is 11.6. The van der Waals surface area contributed by atoms with Crippen molar-refractivity contribution in [3.05, 3.63) is 29.8 Å². The summed E-state index contributed by atoms with van der Waals surface area (Å²) in [5, 5.41) is 0. The average molecular weight is 356 g/mol. The summed E-state index contributed by atoms with van der Waals surface area (Å²) < 4.78 is 52.7. The summed E-state index contributed by atoms with van der Waals surface area (Å²) in [7, 11) is -0.305. The molecule has 120 valence electrons. The van der Waals surface area contributed by atoms with Crippen molar-refractivity contribution < 1.29 is 21.6 Å². The number of halogens is 1. The molecule has 0 fully saturated rings. The van der Waals surface area contributed by atoms with Crippen LogP contribution >= 0.6 is 10.7 Å². The van der Waals surface area contributed by atoms with E-state index in [1.54, 1.807) is 12.1 Å². The number of hydrogen-bond acceptors (Lipinski definition) is 5. The monoisotopic (exact) mass is 355 g/mol. The third-order valence-corrected chi connectivity index (χ3v) is 5.54. The molecule has 0 atom stereocenters. The Hall–Kier alpha value is -0.670. The highest BCUT2D eigenvalue weighted by Gasteiger charge is 2.10. The molecule has 9 heteroatoms. The fourth-order valence-electron chi connectivity index (χ4n) is 1.63. The molecule has 0 aromatic heterocycles. The minimum atomic E-state index is -3.73. The van der Waals surface area contributed by atoms with Crippen LogP contribution in [-0.2, 0) is 30.2 Å². The smallest absolute Gasteiger partial charge is 0.261 e. The molecule has 0 aliphatic heterocycles. The lowest BCUT2D eigenvalue weighted by atomic mass is 10.2. The van der Waals surface area contributed by atoms with Crippen LogP contribution < -0.4 is 4.72 Å². The molecule has 1 N–H and O–H groups in total. The van der Waals surface area contributed by atoms with E-state index in [4.69, 9.17) is 15.4 Å². The Kier molecular flexibility index (Phi) is 7.08. The zero-order chi connectivity index (χ0) is 15.9. The van der Waals surface area contributed by atoms with Crippen molar-refractivity contribution in [2.24, 2.45) is 0 Å². The van der Waals surface area contributed by atoms with Crippen LogP contribution in [0.15, 0.2) is 29.2 Å². The first-order valence-corrected chi connectivity index (χ1v) is 10.2. The van der Waals surface area contributed by atoms with Gasteiger partial charge in [0, 0.05) is 30.9 Å². The van der Waals surface area contributed by atoms with Crippen LogP contribution in [0.3, 0.4) is 0 Å². The van der Waals surface area contributed by atoms with Crippen molar-refractivity contribution in [2.45, 2.75) is 17.7 Å². The second-order valence-electron chi connectivity index (χ2n) is 4.39. The summed E-state index contributed by atoms with van der Waals surface area (Å²) in [5.74, 6) is 0.0181. The molecule has 1 aromatic rings. The molecule has 0 bridgehead atoms. The number of sulfonamides is 1. The molecule has 1 aromatic carbocycles. The average Bonchev–Trinajstić information content (AvgIpc) is 2.38. The molecule has 0 aliphatic rings. The van der Waals surface area contributed by atoms with E-state index in [9.17, 15) is 16.8 Å². The lowest BCUT2D eigenvalue weighted by molar-refractivity contribution is 0.199. The van der Waals surface area contributed by atoms with E-state index < -0.39 is 19.1 Å². The topological polar surface area (TPSA) is 89.5 Å². The van der Waals surface area contributed by atoms with Crippen molar-refractivity contribution in [3.8, 4) is 0 Å². The van der Waals surface area contributed by atoms with Gasteiger partial charge in [0.1, 0.15) is 0 Å². The molecule has 0 heterocycles. The molecule has 1 rings (SSSR count). The Morgan fingerprint density at radius 1 is 1.14 bits per heavy atom. The van der Waals surface area contributed by atoms with Gasteiger partial charge in [-0.2, -0.15) is 0 Å². The van der Waals surface area contributed by atoms with Crippen LogP contribution in [0, 0.1) is 0 Å². The largest absolute Gasteiger partial charge is 0.385 e. The first-order chi connectivity index (χ1) is 9.74. The predicted octanol–water partition coefficient (Wildman–Crippen LogP) is 1.11. The van der Waals surface area contributed by atoms with Crippen LogP contribution in [-0.4, -0.2) is 42.8 Å². The van der Waals surface area contributed by atoms with Crippen LogP contribution in [0.5, 0.6) is 0 Å². The van der Waals surface area contributed by atoms with Crippen molar-refractivity contribution in [1.29, 1.82) is 0 Å². The maximum atomic E-state index is 11.6.